The zero-order chi connectivity index (χ0) is 22.0. The highest BCUT2D eigenvalue weighted by Gasteiger charge is 2.52. The second kappa shape index (κ2) is 8.86. The van der Waals surface area contributed by atoms with Crippen LogP contribution >= 0.6 is 0 Å². The Bertz CT molecular complexity index is 841. The number of anilines is 1. The van der Waals surface area contributed by atoms with Crippen LogP contribution in [0.15, 0.2) is 24.3 Å². The number of likely N-dealkylation sites (N-methyl/N-ethyl adjacent to an activating group) is 1. The maximum atomic E-state index is 12.9. The topological polar surface area (TPSA) is 85.0 Å². The van der Waals surface area contributed by atoms with Crippen LogP contribution in [-0.4, -0.2) is 73.0 Å². The van der Waals surface area contributed by atoms with Crippen LogP contribution in [0.3, 0.4) is 0 Å². The summed E-state index contributed by atoms with van der Waals surface area (Å²) in [5.74, 6) is -0.0108. The lowest BCUT2D eigenvalue weighted by Gasteiger charge is -2.35. The monoisotopic (exact) mass is 427 g/mol. The molecule has 1 aliphatic carbocycles. The highest BCUT2D eigenvalue weighted by molar-refractivity contribution is 6.09. The number of nitrogens with one attached hydrogen (secondary N) is 2. The highest BCUT2D eigenvalue weighted by Crippen LogP contribution is 2.36. The van der Waals surface area contributed by atoms with Crippen molar-refractivity contribution in [1.82, 2.24) is 20.4 Å². The van der Waals surface area contributed by atoms with Gasteiger partial charge in [-0.2, -0.15) is 0 Å². The molecule has 0 atom stereocenters. The summed E-state index contributed by atoms with van der Waals surface area (Å²) in [6.07, 6.45) is 3.12. The Labute approximate surface area is 183 Å². The van der Waals surface area contributed by atoms with E-state index in [0.717, 1.165) is 55.2 Å². The maximum Gasteiger partial charge on any atom is 0.325 e. The van der Waals surface area contributed by atoms with E-state index in [1.807, 2.05) is 18.2 Å². The molecule has 0 aromatic heterocycles. The maximum absolute atomic E-state index is 12.9. The van der Waals surface area contributed by atoms with E-state index in [1.165, 1.54) is 0 Å². The second-order valence-electron chi connectivity index (χ2n) is 9.28. The Morgan fingerprint density at radius 1 is 1.13 bits per heavy atom. The lowest BCUT2D eigenvalue weighted by molar-refractivity contribution is -0.136. The molecule has 31 heavy (non-hydrogen) atoms. The van der Waals surface area contributed by atoms with E-state index in [9.17, 15) is 14.4 Å². The molecule has 4 rings (SSSR count). The van der Waals surface area contributed by atoms with Crippen molar-refractivity contribution >= 4 is 23.5 Å². The molecule has 0 bridgehead atoms. The average molecular weight is 428 g/mol. The number of carbonyl (C=O) groups excluding carboxylic acids is 3. The third-order valence-corrected chi connectivity index (χ3v) is 6.99. The van der Waals surface area contributed by atoms with Crippen LogP contribution in [0.25, 0.3) is 0 Å². The van der Waals surface area contributed by atoms with E-state index in [-0.39, 0.29) is 18.4 Å². The zero-order valence-electron chi connectivity index (χ0n) is 18.5. The number of rotatable bonds is 5. The average Bonchev–Trinajstić information content (AvgIpc) is 2.99. The van der Waals surface area contributed by atoms with Gasteiger partial charge >= 0.3 is 6.03 Å². The molecule has 1 aromatic carbocycles. The molecule has 3 fully saturated rings. The van der Waals surface area contributed by atoms with Gasteiger partial charge in [0.1, 0.15) is 12.1 Å². The summed E-state index contributed by atoms with van der Waals surface area (Å²) >= 11 is 0. The quantitative estimate of drug-likeness (QED) is 0.697. The van der Waals surface area contributed by atoms with Gasteiger partial charge in [-0.3, -0.25) is 14.5 Å². The van der Waals surface area contributed by atoms with Crippen molar-refractivity contribution in [3.63, 3.8) is 0 Å². The summed E-state index contributed by atoms with van der Waals surface area (Å²) in [5, 5.41) is 5.78. The summed E-state index contributed by atoms with van der Waals surface area (Å²) in [6, 6.07) is 7.62. The minimum absolute atomic E-state index is 0.237. The van der Waals surface area contributed by atoms with E-state index in [0.29, 0.717) is 25.3 Å². The molecule has 4 amide bonds. The number of amides is 4. The first-order valence-electron chi connectivity index (χ1n) is 11.3. The summed E-state index contributed by atoms with van der Waals surface area (Å²) in [6.45, 7) is 6.21. The smallest absolute Gasteiger partial charge is 0.325 e. The van der Waals surface area contributed by atoms with Crippen molar-refractivity contribution in [1.29, 1.82) is 0 Å². The van der Waals surface area contributed by atoms with E-state index in [1.54, 1.807) is 0 Å². The third kappa shape index (κ3) is 4.54. The Morgan fingerprint density at radius 2 is 1.81 bits per heavy atom. The minimum Gasteiger partial charge on any atom is -0.369 e. The van der Waals surface area contributed by atoms with Crippen LogP contribution in [0.4, 0.5) is 10.5 Å². The fourth-order valence-electron chi connectivity index (χ4n) is 4.82. The summed E-state index contributed by atoms with van der Waals surface area (Å²) in [7, 11) is 2.12. The Morgan fingerprint density at radius 3 is 2.52 bits per heavy atom. The Balaban J connectivity index is 1.35. The van der Waals surface area contributed by atoms with E-state index < -0.39 is 11.6 Å². The SMILES string of the molecule is CC1CCC2(CC1)NC(=O)N(CC(=O)NCc1ccccc1N1CCN(C)CC1)C2=O. The van der Waals surface area contributed by atoms with Gasteiger partial charge in [-0.15, -0.1) is 0 Å². The van der Waals surface area contributed by atoms with Gasteiger partial charge in [0.05, 0.1) is 0 Å². The summed E-state index contributed by atoms with van der Waals surface area (Å²) in [4.78, 5) is 43.7. The van der Waals surface area contributed by atoms with E-state index >= 15 is 0 Å². The zero-order valence-corrected chi connectivity index (χ0v) is 18.5. The van der Waals surface area contributed by atoms with Crippen LogP contribution in [0, 0.1) is 5.92 Å². The lowest BCUT2D eigenvalue weighted by Crippen LogP contribution is -2.49. The van der Waals surface area contributed by atoms with Gasteiger partial charge in [0.2, 0.25) is 5.91 Å². The second-order valence-corrected chi connectivity index (χ2v) is 9.28. The number of benzene rings is 1. The van der Waals surface area contributed by atoms with Crippen molar-refractivity contribution in [3.05, 3.63) is 29.8 Å². The number of para-hydroxylation sites is 1. The van der Waals surface area contributed by atoms with Crippen LogP contribution in [-0.2, 0) is 16.1 Å². The number of urea groups is 1. The molecule has 2 heterocycles. The molecule has 8 nitrogen and oxygen atoms in total. The van der Waals surface area contributed by atoms with Gasteiger partial charge < -0.3 is 20.4 Å². The molecule has 1 aromatic rings. The van der Waals surface area contributed by atoms with Crippen molar-refractivity contribution in [2.75, 3.05) is 44.7 Å². The van der Waals surface area contributed by atoms with Gasteiger partial charge in [0, 0.05) is 38.4 Å². The van der Waals surface area contributed by atoms with Gasteiger partial charge in [-0.1, -0.05) is 25.1 Å². The molecule has 0 radical (unpaired) electrons. The van der Waals surface area contributed by atoms with Crippen molar-refractivity contribution in [2.45, 2.75) is 44.7 Å². The molecule has 1 saturated carbocycles. The third-order valence-electron chi connectivity index (χ3n) is 6.99. The first kappa shape index (κ1) is 21.6. The standard InChI is InChI=1S/C23H33N5O3/c1-17-7-9-23(10-8-17)21(30)28(22(31)25-23)16-20(29)24-15-18-5-3-4-6-19(18)27-13-11-26(2)12-14-27/h3-6,17H,7-16H2,1-2H3,(H,24,29)(H,25,31). The molecule has 0 unspecified atom stereocenters. The normalized spacial score (nSPS) is 27.0. The van der Waals surface area contributed by atoms with E-state index in [2.05, 4.69) is 40.5 Å². The molecule has 2 aliphatic heterocycles. The first-order chi connectivity index (χ1) is 14.9. The predicted octanol–water partition coefficient (Wildman–Crippen LogP) is 1.56. The molecule has 2 N–H and O–H groups in total. The fourth-order valence-corrected chi connectivity index (χ4v) is 4.82. The minimum atomic E-state index is -0.808. The first-order valence-corrected chi connectivity index (χ1v) is 11.3. The molecule has 3 aliphatic rings. The number of nitrogens with zero attached hydrogens (tertiary/aromatic N) is 3. The van der Waals surface area contributed by atoms with Gasteiger partial charge in [0.25, 0.3) is 5.91 Å². The molecule has 8 heteroatoms. The molecule has 2 saturated heterocycles. The number of carbonyl (C=O) groups is 3. The molecular formula is C23H33N5O3. The number of piperazine rings is 1. The highest BCUT2D eigenvalue weighted by atomic mass is 16.2. The Hall–Kier alpha value is -2.61. The Kier molecular flexibility index (Phi) is 6.18. The van der Waals surface area contributed by atoms with Crippen molar-refractivity contribution in [3.8, 4) is 0 Å². The van der Waals surface area contributed by atoms with Gasteiger partial charge in [-0.25, -0.2) is 4.79 Å². The van der Waals surface area contributed by atoms with Crippen molar-refractivity contribution in [2.24, 2.45) is 5.92 Å². The fraction of sp³-hybridized carbons (Fsp3) is 0.609. The number of hydrogen-bond donors (Lipinski definition) is 2. The number of imide groups is 1. The van der Waals surface area contributed by atoms with Crippen LogP contribution in [0.1, 0.15) is 38.2 Å². The van der Waals surface area contributed by atoms with Crippen LogP contribution in [0.5, 0.6) is 0 Å². The summed E-state index contributed by atoms with van der Waals surface area (Å²) in [5.41, 5.74) is 1.36. The predicted molar refractivity (Wildman–Crippen MR) is 119 cm³/mol. The molecule has 168 valence electrons. The molecule has 1 spiro atoms. The lowest BCUT2D eigenvalue weighted by atomic mass is 9.77. The van der Waals surface area contributed by atoms with Gasteiger partial charge in [0.15, 0.2) is 0 Å². The number of hydrogen-bond acceptors (Lipinski definition) is 5. The summed E-state index contributed by atoms with van der Waals surface area (Å²) < 4.78 is 0. The van der Waals surface area contributed by atoms with Crippen LogP contribution in [0.2, 0.25) is 0 Å². The van der Waals surface area contributed by atoms with E-state index in [4.69, 9.17) is 0 Å². The van der Waals surface area contributed by atoms with Gasteiger partial charge in [-0.05, 0) is 50.3 Å². The van der Waals surface area contributed by atoms with Crippen molar-refractivity contribution < 1.29 is 14.4 Å². The molecular weight excluding hydrogens is 394 g/mol. The largest absolute Gasteiger partial charge is 0.369 e. The van der Waals surface area contributed by atoms with Crippen LogP contribution < -0.4 is 15.5 Å².